The van der Waals surface area contributed by atoms with E-state index in [2.05, 4.69) is 15.3 Å². The molecule has 0 unspecified atom stereocenters. The molecule has 2 aromatic heterocycles. The normalized spacial score (nSPS) is 11.3. The van der Waals surface area contributed by atoms with Gasteiger partial charge < -0.3 is 5.32 Å². The van der Waals surface area contributed by atoms with Gasteiger partial charge in [0, 0.05) is 17.3 Å². The van der Waals surface area contributed by atoms with Crippen molar-refractivity contribution in [1.29, 1.82) is 0 Å². The highest BCUT2D eigenvalue weighted by molar-refractivity contribution is 6.29. The molecule has 0 spiro atoms. The molecule has 0 saturated heterocycles. The number of halogens is 5. The fraction of sp³-hybridized carbons (Fsp3) is 0.0556. The molecule has 0 atom stereocenters. The van der Waals surface area contributed by atoms with Crippen LogP contribution in [0.15, 0.2) is 54.9 Å². The molecule has 0 bridgehead atoms. The van der Waals surface area contributed by atoms with Gasteiger partial charge in [0.05, 0.1) is 23.1 Å². The van der Waals surface area contributed by atoms with Crippen LogP contribution in [0, 0.1) is 5.82 Å². The number of pyridine rings is 2. The molecule has 1 N–H and O–H groups in total. The number of nitrogens with zero attached hydrogens (tertiary/aromatic N) is 2. The minimum Gasteiger partial charge on any atom is -0.321 e. The van der Waals surface area contributed by atoms with Crippen LogP contribution in [0.2, 0.25) is 5.15 Å². The van der Waals surface area contributed by atoms with E-state index < -0.39 is 29.2 Å². The Balaban J connectivity index is 1.91. The quantitative estimate of drug-likeness (QED) is 0.489. The highest BCUT2D eigenvalue weighted by atomic mass is 35.5. The molecule has 0 aliphatic carbocycles. The first-order chi connectivity index (χ1) is 12.8. The van der Waals surface area contributed by atoms with Gasteiger partial charge in [-0.05, 0) is 42.5 Å². The lowest BCUT2D eigenvalue weighted by atomic mass is 10.0. The largest absolute Gasteiger partial charge is 0.418 e. The number of hydrogen-bond acceptors (Lipinski definition) is 3. The molecule has 1 aromatic carbocycles. The van der Waals surface area contributed by atoms with Crippen LogP contribution in [0.3, 0.4) is 0 Å². The minimum absolute atomic E-state index is 0.0734. The summed E-state index contributed by atoms with van der Waals surface area (Å²) in [6, 6.07) is 8.04. The van der Waals surface area contributed by atoms with E-state index in [9.17, 15) is 22.4 Å². The van der Waals surface area contributed by atoms with Gasteiger partial charge in [-0.2, -0.15) is 13.2 Å². The van der Waals surface area contributed by atoms with Crippen molar-refractivity contribution < 1.29 is 22.4 Å². The minimum atomic E-state index is -4.69. The zero-order valence-corrected chi connectivity index (χ0v) is 14.1. The van der Waals surface area contributed by atoms with E-state index in [0.717, 1.165) is 30.5 Å². The SMILES string of the molecule is O=C(Nc1ccc(Cl)nc1)c1ccc(-c2ncccc2C(F)(F)F)c(F)c1. The van der Waals surface area contributed by atoms with Crippen LogP contribution >= 0.6 is 11.6 Å². The molecule has 0 aliphatic rings. The van der Waals surface area contributed by atoms with Gasteiger partial charge in [0.25, 0.3) is 5.91 Å². The van der Waals surface area contributed by atoms with E-state index in [1.54, 1.807) is 0 Å². The van der Waals surface area contributed by atoms with E-state index in [-0.39, 0.29) is 16.3 Å². The van der Waals surface area contributed by atoms with Crippen LogP contribution in [-0.4, -0.2) is 15.9 Å². The topological polar surface area (TPSA) is 54.9 Å². The number of anilines is 1. The van der Waals surface area contributed by atoms with Crippen molar-refractivity contribution in [3.8, 4) is 11.3 Å². The zero-order chi connectivity index (χ0) is 19.6. The molecule has 0 fully saturated rings. The van der Waals surface area contributed by atoms with Crippen LogP contribution in [0.4, 0.5) is 23.2 Å². The highest BCUT2D eigenvalue weighted by Crippen LogP contribution is 2.36. The number of carbonyl (C=O) groups is 1. The third-order valence-corrected chi connectivity index (χ3v) is 3.81. The standard InChI is InChI=1S/C18H10ClF4N3O/c19-15-6-4-11(9-25-15)26-17(27)10-3-5-12(14(20)8-10)16-13(18(21,22)23)2-1-7-24-16/h1-9H,(H,26,27). The van der Waals surface area contributed by atoms with Crippen LogP contribution in [0.5, 0.6) is 0 Å². The van der Waals surface area contributed by atoms with Crippen molar-refractivity contribution in [2.75, 3.05) is 5.32 Å². The summed E-state index contributed by atoms with van der Waals surface area (Å²) in [4.78, 5) is 19.6. The van der Waals surface area contributed by atoms with Crippen molar-refractivity contribution in [2.45, 2.75) is 6.18 Å². The number of nitrogens with one attached hydrogen (secondary N) is 1. The monoisotopic (exact) mass is 395 g/mol. The maximum Gasteiger partial charge on any atom is 0.418 e. The summed E-state index contributed by atoms with van der Waals surface area (Å²) in [6.07, 6.45) is -2.24. The molecule has 2 heterocycles. The van der Waals surface area contributed by atoms with Gasteiger partial charge in [0.1, 0.15) is 11.0 Å². The second kappa shape index (κ2) is 7.32. The molecular weight excluding hydrogens is 386 g/mol. The van der Waals surface area contributed by atoms with Gasteiger partial charge in [0.15, 0.2) is 0 Å². The Kier molecular flexibility index (Phi) is 5.09. The number of carbonyl (C=O) groups excluding carboxylic acids is 1. The van der Waals surface area contributed by atoms with Crippen LogP contribution < -0.4 is 5.32 Å². The second-order valence-electron chi connectivity index (χ2n) is 5.42. The highest BCUT2D eigenvalue weighted by Gasteiger charge is 2.34. The van der Waals surface area contributed by atoms with Crippen molar-refractivity contribution >= 4 is 23.2 Å². The van der Waals surface area contributed by atoms with Crippen LogP contribution in [-0.2, 0) is 6.18 Å². The third-order valence-electron chi connectivity index (χ3n) is 3.58. The van der Waals surface area contributed by atoms with Gasteiger partial charge in [-0.15, -0.1) is 0 Å². The maximum absolute atomic E-state index is 14.4. The summed E-state index contributed by atoms with van der Waals surface area (Å²) < 4.78 is 53.7. The van der Waals surface area contributed by atoms with Gasteiger partial charge >= 0.3 is 6.18 Å². The Hall–Kier alpha value is -3.00. The Bertz CT molecular complexity index is 991. The van der Waals surface area contributed by atoms with E-state index in [1.807, 2.05) is 0 Å². The summed E-state index contributed by atoms with van der Waals surface area (Å²) in [5.41, 5.74) is -1.70. The zero-order valence-electron chi connectivity index (χ0n) is 13.4. The lowest BCUT2D eigenvalue weighted by Crippen LogP contribution is -2.13. The van der Waals surface area contributed by atoms with E-state index in [1.165, 1.54) is 24.4 Å². The summed E-state index contributed by atoms with van der Waals surface area (Å²) in [5, 5.41) is 2.72. The van der Waals surface area contributed by atoms with Gasteiger partial charge in [-0.25, -0.2) is 9.37 Å². The molecule has 3 aromatic rings. The predicted octanol–water partition coefficient (Wildman–Crippen LogP) is 5.21. The second-order valence-corrected chi connectivity index (χ2v) is 5.80. The average molecular weight is 396 g/mol. The molecule has 138 valence electrons. The third kappa shape index (κ3) is 4.22. The fourth-order valence-corrected chi connectivity index (χ4v) is 2.46. The summed E-state index contributed by atoms with van der Waals surface area (Å²) >= 11 is 5.65. The Morgan fingerprint density at radius 3 is 2.48 bits per heavy atom. The first kappa shape index (κ1) is 18.8. The first-order valence-electron chi connectivity index (χ1n) is 7.51. The van der Waals surface area contributed by atoms with E-state index >= 15 is 0 Å². The van der Waals surface area contributed by atoms with Crippen molar-refractivity contribution in [3.05, 3.63) is 77.0 Å². The molecule has 0 saturated carbocycles. The fourth-order valence-electron chi connectivity index (χ4n) is 2.35. The summed E-state index contributed by atoms with van der Waals surface area (Å²) in [6.45, 7) is 0. The lowest BCUT2D eigenvalue weighted by Gasteiger charge is -2.13. The number of alkyl halides is 3. The number of benzene rings is 1. The van der Waals surface area contributed by atoms with Gasteiger partial charge in [-0.1, -0.05) is 11.6 Å². The molecular formula is C18H10ClF4N3O. The van der Waals surface area contributed by atoms with Crippen LogP contribution in [0.1, 0.15) is 15.9 Å². The van der Waals surface area contributed by atoms with E-state index in [4.69, 9.17) is 11.6 Å². The molecule has 0 aliphatic heterocycles. The molecule has 1 amide bonds. The molecule has 0 radical (unpaired) electrons. The number of aromatic nitrogens is 2. The predicted molar refractivity (Wildman–Crippen MR) is 91.8 cm³/mol. The molecule has 27 heavy (non-hydrogen) atoms. The number of hydrogen-bond donors (Lipinski definition) is 1. The smallest absolute Gasteiger partial charge is 0.321 e. The molecule has 9 heteroatoms. The Labute approximate surface area is 155 Å². The first-order valence-corrected chi connectivity index (χ1v) is 7.88. The number of amides is 1. The summed E-state index contributed by atoms with van der Waals surface area (Å²) in [5.74, 6) is -1.65. The molecule has 3 rings (SSSR count). The maximum atomic E-state index is 14.4. The van der Waals surface area contributed by atoms with Gasteiger partial charge in [-0.3, -0.25) is 9.78 Å². The van der Waals surface area contributed by atoms with Crippen molar-refractivity contribution in [3.63, 3.8) is 0 Å². The van der Waals surface area contributed by atoms with Crippen molar-refractivity contribution in [1.82, 2.24) is 9.97 Å². The van der Waals surface area contributed by atoms with Crippen LogP contribution in [0.25, 0.3) is 11.3 Å². The lowest BCUT2D eigenvalue weighted by molar-refractivity contribution is -0.137. The molecule has 4 nitrogen and oxygen atoms in total. The van der Waals surface area contributed by atoms with Crippen molar-refractivity contribution in [2.24, 2.45) is 0 Å². The van der Waals surface area contributed by atoms with E-state index in [0.29, 0.717) is 5.69 Å². The summed E-state index contributed by atoms with van der Waals surface area (Å²) in [7, 11) is 0. The Morgan fingerprint density at radius 1 is 1.07 bits per heavy atom. The average Bonchev–Trinajstić information content (AvgIpc) is 2.63. The van der Waals surface area contributed by atoms with Gasteiger partial charge in [0.2, 0.25) is 0 Å². The Morgan fingerprint density at radius 2 is 1.85 bits per heavy atom. The number of rotatable bonds is 3.